The maximum absolute atomic E-state index is 10.5. The predicted molar refractivity (Wildman–Crippen MR) is 47.0 cm³/mol. The van der Waals surface area contributed by atoms with Crippen molar-refractivity contribution in [2.75, 3.05) is 0 Å². The van der Waals surface area contributed by atoms with E-state index in [-0.39, 0.29) is 29.6 Å². The van der Waals surface area contributed by atoms with E-state index in [4.69, 9.17) is 10.2 Å². The number of hydrogen-bond acceptors (Lipinski definition) is 3. The Kier molecular flexibility index (Phi) is 5.55. The summed E-state index contributed by atoms with van der Waals surface area (Å²) in [6, 6.07) is -1.39. The maximum atomic E-state index is 10.5. The van der Waals surface area contributed by atoms with Crippen molar-refractivity contribution < 1.29 is 19.8 Å². The van der Waals surface area contributed by atoms with Gasteiger partial charge in [0, 0.05) is 0 Å². The molecule has 0 aromatic heterocycles. The monoisotopic (exact) mass is 197 g/mol. The molecule has 1 saturated heterocycles. The van der Waals surface area contributed by atoms with E-state index in [2.05, 4.69) is 5.32 Å². The van der Waals surface area contributed by atoms with Gasteiger partial charge < -0.3 is 10.2 Å². The number of rotatable bonds is 2. The number of aliphatic carboxylic acids is 2. The van der Waals surface area contributed by atoms with E-state index in [1.807, 2.05) is 0 Å². The molecule has 5 nitrogen and oxygen atoms in total. The average molecular weight is 197 g/mol. The Hall–Kier alpha value is -0.100. The first-order valence-electron chi connectivity index (χ1n) is 3.83. The summed E-state index contributed by atoms with van der Waals surface area (Å²) in [6.45, 7) is 0. The van der Waals surface area contributed by atoms with Crippen LogP contribution in [0.15, 0.2) is 0 Å². The normalized spacial score (nSPS) is 27.4. The standard InChI is InChI=1S/C7H11NO4.Na.H/c9-6(10)4-2-1-3-5(8-4)7(11)12;;/h4-5,8H,1-3H2,(H,9,10)(H,11,12);;. The Morgan fingerprint density at radius 3 is 1.77 bits per heavy atom. The Labute approximate surface area is 97.8 Å². The number of carboxylic acids is 2. The molecule has 70 valence electrons. The molecule has 0 amide bonds. The van der Waals surface area contributed by atoms with Crippen LogP contribution in [0.25, 0.3) is 0 Å². The molecule has 0 bridgehead atoms. The molecule has 3 N–H and O–H groups in total. The summed E-state index contributed by atoms with van der Waals surface area (Å²) < 4.78 is 0. The fourth-order valence-corrected chi connectivity index (χ4v) is 1.33. The van der Waals surface area contributed by atoms with Crippen LogP contribution < -0.4 is 5.32 Å². The first-order valence-corrected chi connectivity index (χ1v) is 3.83. The molecule has 1 aliphatic rings. The third kappa shape index (κ3) is 3.64. The van der Waals surface area contributed by atoms with E-state index in [0.29, 0.717) is 19.3 Å². The van der Waals surface area contributed by atoms with Crippen LogP contribution >= 0.6 is 0 Å². The fourth-order valence-electron chi connectivity index (χ4n) is 1.33. The quantitative estimate of drug-likeness (QED) is 0.495. The van der Waals surface area contributed by atoms with Crippen LogP contribution in [0.1, 0.15) is 19.3 Å². The zero-order chi connectivity index (χ0) is 9.14. The molecule has 0 aromatic carbocycles. The molecule has 1 fully saturated rings. The number of hydrogen-bond donors (Lipinski definition) is 3. The first kappa shape index (κ1) is 12.9. The van der Waals surface area contributed by atoms with Gasteiger partial charge in [-0.3, -0.25) is 14.9 Å². The van der Waals surface area contributed by atoms with Gasteiger partial charge in [0.1, 0.15) is 12.1 Å². The van der Waals surface area contributed by atoms with E-state index < -0.39 is 24.0 Å². The molecule has 0 saturated carbocycles. The van der Waals surface area contributed by atoms with Gasteiger partial charge in [-0.1, -0.05) is 0 Å². The van der Waals surface area contributed by atoms with Crippen LogP contribution in [0.5, 0.6) is 0 Å². The van der Waals surface area contributed by atoms with Gasteiger partial charge in [-0.15, -0.1) is 0 Å². The van der Waals surface area contributed by atoms with E-state index in [9.17, 15) is 9.59 Å². The fraction of sp³-hybridized carbons (Fsp3) is 0.714. The molecular formula is C7H12NNaO4. The second-order valence-corrected chi connectivity index (χ2v) is 2.88. The Morgan fingerprint density at radius 2 is 1.46 bits per heavy atom. The molecule has 2 atom stereocenters. The Morgan fingerprint density at radius 1 is 1.08 bits per heavy atom. The van der Waals surface area contributed by atoms with E-state index in [1.54, 1.807) is 0 Å². The van der Waals surface area contributed by atoms with Crippen molar-refractivity contribution in [2.45, 2.75) is 31.3 Å². The number of nitrogens with one attached hydrogen (secondary N) is 1. The van der Waals surface area contributed by atoms with Gasteiger partial charge in [0.05, 0.1) is 0 Å². The molecule has 1 aliphatic heterocycles. The van der Waals surface area contributed by atoms with Crippen molar-refractivity contribution in [1.82, 2.24) is 5.32 Å². The first-order chi connectivity index (χ1) is 5.61. The minimum absolute atomic E-state index is 0. The number of carboxylic acid groups (broad SMARTS) is 2. The van der Waals surface area contributed by atoms with E-state index >= 15 is 0 Å². The van der Waals surface area contributed by atoms with Crippen molar-refractivity contribution >= 4 is 41.5 Å². The molecule has 1 rings (SSSR count). The Balaban J connectivity index is 0.00000144. The predicted octanol–water partition coefficient (Wildman–Crippen LogP) is -0.982. The van der Waals surface area contributed by atoms with E-state index in [0.717, 1.165) is 0 Å². The summed E-state index contributed by atoms with van der Waals surface area (Å²) in [6.07, 6.45) is 1.68. The van der Waals surface area contributed by atoms with Gasteiger partial charge in [-0.25, -0.2) is 0 Å². The molecule has 2 unspecified atom stereocenters. The molecular weight excluding hydrogens is 185 g/mol. The van der Waals surface area contributed by atoms with Crippen molar-refractivity contribution in [2.24, 2.45) is 0 Å². The zero-order valence-corrected chi connectivity index (χ0v) is 6.49. The van der Waals surface area contributed by atoms with Gasteiger partial charge in [0.15, 0.2) is 0 Å². The number of piperidine rings is 1. The summed E-state index contributed by atoms with van der Waals surface area (Å²) in [5.41, 5.74) is 0. The molecule has 0 spiro atoms. The zero-order valence-electron chi connectivity index (χ0n) is 6.49. The van der Waals surface area contributed by atoms with E-state index in [1.165, 1.54) is 0 Å². The third-order valence-corrected chi connectivity index (χ3v) is 1.98. The van der Waals surface area contributed by atoms with Crippen molar-refractivity contribution in [3.05, 3.63) is 0 Å². The second-order valence-electron chi connectivity index (χ2n) is 2.88. The summed E-state index contributed by atoms with van der Waals surface area (Å²) >= 11 is 0. The summed E-state index contributed by atoms with van der Waals surface area (Å²) in [5.74, 6) is -1.94. The molecule has 13 heavy (non-hydrogen) atoms. The van der Waals surface area contributed by atoms with Gasteiger partial charge in [0.25, 0.3) is 0 Å². The van der Waals surface area contributed by atoms with Gasteiger partial charge in [0.2, 0.25) is 0 Å². The summed E-state index contributed by atoms with van der Waals surface area (Å²) in [7, 11) is 0. The summed E-state index contributed by atoms with van der Waals surface area (Å²) in [4.78, 5) is 20.9. The van der Waals surface area contributed by atoms with Crippen molar-refractivity contribution in [1.29, 1.82) is 0 Å². The van der Waals surface area contributed by atoms with Gasteiger partial charge >= 0.3 is 41.5 Å². The molecule has 0 aromatic rings. The van der Waals surface area contributed by atoms with Crippen LogP contribution in [0, 0.1) is 0 Å². The van der Waals surface area contributed by atoms with Crippen LogP contribution in [-0.2, 0) is 9.59 Å². The molecule has 0 aliphatic carbocycles. The number of carbonyl (C=O) groups is 2. The Bertz CT molecular complexity index is 189. The van der Waals surface area contributed by atoms with Crippen molar-refractivity contribution in [3.63, 3.8) is 0 Å². The second kappa shape index (κ2) is 5.59. The van der Waals surface area contributed by atoms with Crippen molar-refractivity contribution in [3.8, 4) is 0 Å². The molecule has 6 heteroatoms. The van der Waals surface area contributed by atoms with Crippen LogP contribution in [0.4, 0.5) is 0 Å². The average Bonchev–Trinajstić information content (AvgIpc) is 2.04. The van der Waals surface area contributed by atoms with Crippen LogP contribution in [0.3, 0.4) is 0 Å². The third-order valence-electron chi connectivity index (χ3n) is 1.98. The van der Waals surface area contributed by atoms with Gasteiger partial charge in [-0.05, 0) is 19.3 Å². The van der Waals surface area contributed by atoms with Crippen LogP contribution in [0.2, 0.25) is 0 Å². The SMILES string of the molecule is O=C(O)C1CCCC(C(=O)O)N1.[NaH]. The summed E-state index contributed by atoms with van der Waals surface area (Å²) in [5, 5.41) is 19.7. The topological polar surface area (TPSA) is 86.6 Å². The van der Waals surface area contributed by atoms with Gasteiger partial charge in [-0.2, -0.15) is 0 Å². The minimum atomic E-state index is -0.971. The molecule has 1 heterocycles. The molecule has 0 radical (unpaired) electrons. The van der Waals surface area contributed by atoms with Crippen LogP contribution in [-0.4, -0.2) is 63.8 Å².